The van der Waals surface area contributed by atoms with Gasteiger partial charge >= 0.3 is 5.97 Å². The predicted molar refractivity (Wildman–Crippen MR) is 63.9 cm³/mol. The number of allylic oxidation sites excluding steroid dienone is 1. The van der Waals surface area contributed by atoms with Gasteiger partial charge in [-0.05, 0) is 18.1 Å². The lowest BCUT2D eigenvalue weighted by atomic mass is 10.0. The Morgan fingerprint density at radius 1 is 1.56 bits per heavy atom. The molecule has 0 heterocycles. The highest BCUT2D eigenvalue weighted by Crippen LogP contribution is 2.34. The molecular formula is C12H13ClO3. The highest BCUT2D eigenvalue weighted by molar-refractivity contribution is 6.32. The van der Waals surface area contributed by atoms with Gasteiger partial charge in [-0.15, -0.1) is 0 Å². The molecule has 4 heteroatoms. The summed E-state index contributed by atoms with van der Waals surface area (Å²) in [7, 11) is 1.51. The van der Waals surface area contributed by atoms with Gasteiger partial charge in [0.05, 0.1) is 12.1 Å². The lowest BCUT2D eigenvalue weighted by molar-refractivity contribution is -0.131. The van der Waals surface area contributed by atoms with Crippen LogP contribution < -0.4 is 4.74 Å². The largest absolute Gasteiger partial charge is 0.495 e. The van der Waals surface area contributed by atoms with Crippen LogP contribution in [0.2, 0.25) is 5.02 Å². The molecule has 0 aromatic heterocycles. The van der Waals surface area contributed by atoms with Gasteiger partial charge in [-0.2, -0.15) is 0 Å². The second-order valence-corrected chi connectivity index (χ2v) is 3.59. The fourth-order valence-electron chi connectivity index (χ4n) is 1.49. The Kier molecular flexibility index (Phi) is 4.38. The lowest BCUT2D eigenvalue weighted by Gasteiger charge is -2.11. The maximum absolute atomic E-state index is 10.7. The standard InChI is InChI=1S/C12H13ClO3/c1-3-8(7-11(14)15)9-5-4-6-10(13)12(9)16-2/h4-7H,3H2,1-2H3,(H,14,15)/b8-7+. The molecule has 0 amide bonds. The molecule has 0 atom stereocenters. The number of benzene rings is 1. The zero-order valence-electron chi connectivity index (χ0n) is 9.16. The van der Waals surface area contributed by atoms with Crippen molar-refractivity contribution in [2.24, 2.45) is 0 Å². The summed E-state index contributed by atoms with van der Waals surface area (Å²) in [5.41, 5.74) is 1.41. The number of methoxy groups -OCH3 is 1. The first-order valence-corrected chi connectivity index (χ1v) is 5.24. The number of para-hydroxylation sites is 1. The molecule has 0 aliphatic heterocycles. The van der Waals surface area contributed by atoms with Crippen molar-refractivity contribution in [3.05, 3.63) is 34.9 Å². The van der Waals surface area contributed by atoms with Gasteiger partial charge in [-0.1, -0.05) is 30.7 Å². The Morgan fingerprint density at radius 3 is 2.75 bits per heavy atom. The third-order valence-corrected chi connectivity index (χ3v) is 2.49. The maximum atomic E-state index is 10.7. The van der Waals surface area contributed by atoms with Crippen molar-refractivity contribution in [2.45, 2.75) is 13.3 Å². The van der Waals surface area contributed by atoms with Gasteiger partial charge in [0.1, 0.15) is 5.75 Å². The van der Waals surface area contributed by atoms with E-state index < -0.39 is 5.97 Å². The van der Waals surface area contributed by atoms with Gasteiger partial charge in [0.25, 0.3) is 0 Å². The number of halogens is 1. The van der Waals surface area contributed by atoms with E-state index in [-0.39, 0.29) is 0 Å². The van der Waals surface area contributed by atoms with Crippen LogP contribution in [0.5, 0.6) is 5.75 Å². The van der Waals surface area contributed by atoms with Crippen molar-refractivity contribution in [2.75, 3.05) is 7.11 Å². The van der Waals surface area contributed by atoms with Crippen molar-refractivity contribution < 1.29 is 14.6 Å². The second-order valence-electron chi connectivity index (χ2n) is 3.18. The number of hydrogen-bond acceptors (Lipinski definition) is 2. The highest BCUT2D eigenvalue weighted by Gasteiger charge is 2.11. The van der Waals surface area contributed by atoms with Gasteiger partial charge in [0, 0.05) is 11.6 Å². The van der Waals surface area contributed by atoms with Gasteiger partial charge < -0.3 is 9.84 Å². The van der Waals surface area contributed by atoms with Crippen LogP contribution in [0.15, 0.2) is 24.3 Å². The summed E-state index contributed by atoms with van der Waals surface area (Å²) in [4.78, 5) is 10.7. The number of hydrogen-bond donors (Lipinski definition) is 1. The van der Waals surface area contributed by atoms with E-state index in [2.05, 4.69) is 0 Å². The molecule has 1 aromatic carbocycles. The van der Waals surface area contributed by atoms with Crippen molar-refractivity contribution in [3.63, 3.8) is 0 Å². The molecule has 0 bridgehead atoms. The quantitative estimate of drug-likeness (QED) is 0.822. The Bertz CT molecular complexity index is 424. The Labute approximate surface area is 99.3 Å². The molecule has 16 heavy (non-hydrogen) atoms. The summed E-state index contributed by atoms with van der Waals surface area (Å²) in [5, 5.41) is 9.24. The van der Waals surface area contributed by atoms with Gasteiger partial charge in [0.2, 0.25) is 0 Å². The predicted octanol–water partition coefficient (Wildman–Crippen LogP) is 3.23. The van der Waals surface area contributed by atoms with Gasteiger partial charge in [-0.25, -0.2) is 4.79 Å². The average molecular weight is 241 g/mol. The minimum absolute atomic E-state index is 0.477. The number of rotatable bonds is 4. The molecule has 0 unspecified atom stereocenters. The Morgan fingerprint density at radius 2 is 2.25 bits per heavy atom. The summed E-state index contributed by atoms with van der Waals surface area (Å²) >= 11 is 5.97. The van der Waals surface area contributed by atoms with Crippen LogP contribution in [0, 0.1) is 0 Å². The molecule has 86 valence electrons. The zero-order chi connectivity index (χ0) is 12.1. The van der Waals surface area contributed by atoms with E-state index in [1.807, 2.05) is 6.92 Å². The molecule has 0 fully saturated rings. The van der Waals surface area contributed by atoms with E-state index in [4.69, 9.17) is 21.4 Å². The first-order valence-electron chi connectivity index (χ1n) is 4.86. The van der Waals surface area contributed by atoms with Crippen molar-refractivity contribution in [3.8, 4) is 5.75 Å². The van der Waals surface area contributed by atoms with E-state index in [1.165, 1.54) is 13.2 Å². The molecule has 0 aliphatic rings. The summed E-state index contributed by atoms with van der Waals surface area (Å²) in [6.45, 7) is 1.88. The fraction of sp³-hybridized carbons (Fsp3) is 0.250. The van der Waals surface area contributed by atoms with Gasteiger partial charge in [0.15, 0.2) is 0 Å². The van der Waals surface area contributed by atoms with E-state index >= 15 is 0 Å². The van der Waals surface area contributed by atoms with E-state index in [0.717, 1.165) is 5.56 Å². The van der Waals surface area contributed by atoms with Crippen LogP contribution in [-0.2, 0) is 4.79 Å². The van der Waals surface area contributed by atoms with Crippen molar-refractivity contribution in [1.82, 2.24) is 0 Å². The Hall–Kier alpha value is -1.48. The molecule has 1 aromatic rings. The molecule has 1 rings (SSSR count). The van der Waals surface area contributed by atoms with Crippen LogP contribution in [0.4, 0.5) is 0 Å². The molecule has 0 saturated carbocycles. The third-order valence-electron chi connectivity index (χ3n) is 2.20. The minimum Gasteiger partial charge on any atom is -0.495 e. The molecular weight excluding hydrogens is 228 g/mol. The van der Waals surface area contributed by atoms with Crippen LogP contribution in [0.1, 0.15) is 18.9 Å². The van der Waals surface area contributed by atoms with Crippen LogP contribution >= 0.6 is 11.6 Å². The highest BCUT2D eigenvalue weighted by atomic mass is 35.5. The average Bonchev–Trinajstić information content (AvgIpc) is 2.25. The molecule has 0 saturated heterocycles. The third kappa shape index (κ3) is 2.76. The van der Waals surface area contributed by atoms with E-state index in [0.29, 0.717) is 22.8 Å². The van der Waals surface area contributed by atoms with Crippen LogP contribution in [-0.4, -0.2) is 18.2 Å². The normalized spacial score (nSPS) is 11.3. The van der Waals surface area contributed by atoms with Gasteiger partial charge in [-0.3, -0.25) is 0 Å². The molecule has 0 aliphatic carbocycles. The second kappa shape index (κ2) is 5.56. The zero-order valence-corrected chi connectivity index (χ0v) is 9.91. The number of ether oxygens (including phenoxy) is 1. The molecule has 0 spiro atoms. The van der Waals surface area contributed by atoms with E-state index in [9.17, 15) is 4.79 Å². The van der Waals surface area contributed by atoms with Crippen molar-refractivity contribution in [1.29, 1.82) is 0 Å². The first kappa shape index (κ1) is 12.6. The topological polar surface area (TPSA) is 46.5 Å². The number of aliphatic carboxylic acids is 1. The van der Waals surface area contributed by atoms with Crippen molar-refractivity contribution >= 4 is 23.1 Å². The van der Waals surface area contributed by atoms with Crippen LogP contribution in [0.3, 0.4) is 0 Å². The monoisotopic (exact) mass is 240 g/mol. The summed E-state index contributed by atoms with van der Waals surface area (Å²) < 4.78 is 5.17. The number of carboxylic acids is 1. The smallest absolute Gasteiger partial charge is 0.328 e. The first-order chi connectivity index (χ1) is 7.60. The summed E-state index contributed by atoms with van der Waals surface area (Å²) in [6.07, 6.45) is 1.77. The number of carbonyl (C=O) groups is 1. The Balaban J connectivity index is 3.30. The SMILES string of the molecule is CC/C(=C\C(=O)O)c1cccc(Cl)c1OC. The van der Waals surface area contributed by atoms with Crippen LogP contribution in [0.25, 0.3) is 5.57 Å². The molecule has 0 radical (unpaired) electrons. The van der Waals surface area contributed by atoms with E-state index in [1.54, 1.807) is 18.2 Å². The minimum atomic E-state index is -0.973. The summed E-state index contributed by atoms with van der Waals surface area (Å²) in [6, 6.07) is 5.27. The maximum Gasteiger partial charge on any atom is 0.328 e. The summed E-state index contributed by atoms with van der Waals surface area (Å²) in [5.74, 6) is -0.461. The molecule has 3 nitrogen and oxygen atoms in total. The lowest BCUT2D eigenvalue weighted by Crippen LogP contribution is -1.95. The number of carboxylic acid groups (broad SMARTS) is 1. The molecule has 1 N–H and O–H groups in total. The fourth-order valence-corrected chi connectivity index (χ4v) is 1.74.